The van der Waals surface area contributed by atoms with E-state index in [1.807, 2.05) is 26.0 Å². The summed E-state index contributed by atoms with van der Waals surface area (Å²) in [6.45, 7) is 9.96. The quantitative estimate of drug-likeness (QED) is 0.901. The molecule has 0 amide bonds. The van der Waals surface area contributed by atoms with E-state index < -0.39 is 0 Å². The van der Waals surface area contributed by atoms with E-state index in [2.05, 4.69) is 29.8 Å². The lowest BCUT2D eigenvalue weighted by Gasteiger charge is -2.21. The Labute approximate surface area is 107 Å². The predicted molar refractivity (Wildman–Crippen MR) is 77.6 cm³/mol. The molecule has 1 heterocycles. The average Bonchev–Trinajstić information content (AvgIpc) is 2.38. The Bertz CT molecular complexity index is 624. The first kappa shape index (κ1) is 12.7. The van der Waals surface area contributed by atoms with Crippen LogP contribution in [0.2, 0.25) is 0 Å². The number of aromatic amines is 1. The van der Waals surface area contributed by atoms with Crippen LogP contribution in [0.3, 0.4) is 0 Å². The van der Waals surface area contributed by atoms with Crippen LogP contribution < -0.4 is 10.3 Å². The summed E-state index contributed by atoms with van der Waals surface area (Å²) >= 11 is 0. The van der Waals surface area contributed by atoms with Crippen molar-refractivity contribution < 1.29 is 0 Å². The number of rotatable bonds is 3. The summed E-state index contributed by atoms with van der Waals surface area (Å²) in [6, 6.07) is 6.06. The molecule has 1 aromatic carbocycles. The van der Waals surface area contributed by atoms with Gasteiger partial charge in [0.05, 0.1) is 0 Å². The van der Waals surface area contributed by atoms with Crippen LogP contribution >= 0.6 is 0 Å². The number of fused-ring (bicyclic) bond motifs is 1. The second-order valence-electron chi connectivity index (χ2n) is 4.61. The summed E-state index contributed by atoms with van der Waals surface area (Å²) in [5.74, 6) is 0. The van der Waals surface area contributed by atoms with Crippen LogP contribution in [-0.2, 0) is 0 Å². The number of nitrogens with one attached hydrogen (secondary N) is 1. The fourth-order valence-corrected chi connectivity index (χ4v) is 2.28. The molecule has 96 valence electrons. The monoisotopic (exact) mass is 244 g/mol. The Morgan fingerprint density at radius 3 is 2.44 bits per heavy atom. The number of hydrogen-bond acceptors (Lipinski definition) is 2. The van der Waals surface area contributed by atoms with E-state index in [0.29, 0.717) is 0 Å². The Morgan fingerprint density at radius 1 is 1.17 bits per heavy atom. The van der Waals surface area contributed by atoms with Crippen molar-refractivity contribution in [3.63, 3.8) is 0 Å². The molecule has 18 heavy (non-hydrogen) atoms. The summed E-state index contributed by atoms with van der Waals surface area (Å²) in [5.41, 5.74) is 3.91. The lowest BCUT2D eigenvalue weighted by molar-refractivity contribution is 0.867. The summed E-state index contributed by atoms with van der Waals surface area (Å²) in [7, 11) is 0. The maximum atomic E-state index is 12.3. The van der Waals surface area contributed by atoms with Crippen molar-refractivity contribution in [1.82, 2.24) is 4.98 Å². The number of benzene rings is 1. The summed E-state index contributed by atoms with van der Waals surface area (Å²) in [6.07, 6.45) is 0. The molecule has 1 N–H and O–H groups in total. The van der Waals surface area contributed by atoms with E-state index >= 15 is 0 Å². The van der Waals surface area contributed by atoms with Gasteiger partial charge in [-0.1, -0.05) is 0 Å². The molecule has 3 nitrogen and oxygen atoms in total. The van der Waals surface area contributed by atoms with Gasteiger partial charge in [0.15, 0.2) is 5.43 Å². The highest BCUT2D eigenvalue weighted by atomic mass is 16.1. The minimum Gasteiger partial charge on any atom is -0.372 e. The number of hydrogen-bond donors (Lipinski definition) is 1. The standard InChI is InChI=1S/C15H20N2O/c1-5-17(6-2)12-7-8-14-13(9-12)15(18)10(3)11(4)16-14/h7-9H,5-6H2,1-4H3,(H,16,18). The molecule has 0 bridgehead atoms. The normalized spacial score (nSPS) is 10.9. The fraction of sp³-hybridized carbons (Fsp3) is 0.400. The molecule has 0 unspecified atom stereocenters. The summed E-state index contributed by atoms with van der Waals surface area (Å²) in [5, 5.41) is 0.780. The van der Waals surface area contributed by atoms with Crippen molar-refractivity contribution in [2.24, 2.45) is 0 Å². The Hall–Kier alpha value is -1.77. The molecule has 0 aliphatic rings. The average molecular weight is 244 g/mol. The molecule has 0 aliphatic heterocycles. The Kier molecular flexibility index (Phi) is 3.41. The molecule has 0 aliphatic carbocycles. The lowest BCUT2D eigenvalue weighted by Crippen LogP contribution is -2.22. The van der Waals surface area contributed by atoms with Gasteiger partial charge in [0.2, 0.25) is 0 Å². The van der Waals surface area contributed by atoms with Gasteiger partial charge in [-0.2, -0.15) is 0 Å². The van der Waals surface area contributed by atoms with Gasteiger partial charge in [-0.3, -0.25) is 4.79 Å². The van der Waals surface area contributed by atoms with Gasteiger partial charge in [0, 0.05) is 40.9 Å². The van der Waals surface area contributed by atoms with Crippen LogP contribution in [-0.4, -0.2) is 18.1 Å². The topological polar surface area (TPSA) is 36.1 Å². The third kappa shape index (κ3) is 2.01. The van der Waals surface area contributed by atoms with Crippen LogP contribution in [0.15, 0.2) is 23.0 Å². The van der Waals surface area contributed by atoms with E-state index in [9.17, 15) is 4.79 Å². The molecule has 0 fully saturated rings. The molecular weight excluding hydrogens is 224 g/mol. The zero-order chi connectivity index (χ0) is 13.3. The number of pyridine rings is 1. The van der Waals surface area contributed by atoms with Crippen molar-refractivity contribution >= 4 is 16.6 Å². The largest absolute Gasteiger partial charge is 0.372 e. The van der Waals surface area contributed by atoms with Gasteiger partial charge in [-0.15, -0.1) is 0 Å². The zero-order valence-electron chi connectivity index (χ0n) is 11.5. The Morgan fingerprint density at radius 2 is 1.83 bits per heavy atom. The second-order valence-corrected chi connectivity index (χ2v) is 4.61. The lowest BCUT2D eigenvalue weighted by atomic mass is 10.1. The van der Waals surface area contributed by atoms with Gasteiger partial charge in [0.1, 0.15) is 0 Å². The van der Waals surface area contributed by atoms with Gasteiger partial charge in [0.25, 0.3) is 0 Å². The van der Waals surface area contributed by atoms with Crippen LogP contribution in [0.4, 0.5) is 5.69 Å². The van der Waals surface area contributed by atoms with Crippen molar-refractivity contribution in [3.8, 4) is 0 Å². The third-order valence-corrected chi connectivity index (χ3v) is 3.60. The maximum Gasteiger partial charge on any atom is 0.192 e. The molecule has 1 aromatic heterocycles. The number of nitrogens with zero attached hydrogens (tertiary/aromatic N) is 1. The molecule has 0 saturated carbocycles. The predicted octanol–water partition coefficient (Wildman–Crippen LogP) is 2.99. The van der Waals surface area contributed by atoms with Gasteiger partial charge >= 0.3 is 0 Å². The van der Waals surface area contributed by atoms with Gasteiger partial charge < -0.3 is 9.88 Å². The van der Waals surface area contributed by atoms with Crippen molar-refractivity contribution in [2.75, 3.05) is 18.0 Å². The minimum atomic E-state index is 0.134. The first-order valence-electron chi connectivity index (χ1n) is 6.46. The first-order chi connectivity index (χ1) is 8.58. The second kappa shape index (κ2) is 4.84. The molecule has 0 spiro atoms. The summed E-state index contributed by atoms with van der Waals surface area (Å²) in [4.78, 5) is 17.8. The van der Waals surface area contributed by atoms with E-state index in [1.54, 1.807) is 0 Å². The number of aryl methyl sites for hydroxylation is 1. The highest BCUT2D eigenvalue weighted by molar-refractivity contribution is 5.83. The van der Waals surface area contributed by atoms with E-state index in [1.165, 1.54) is 0 Å². The zero-order valence-corrected chi connectivity index (χ0v) is 11.5. The molecule has 0 saturated heterocycles. The number of H-pyrrole nitrogens is 1. The third-order valence-electron chi connectivity index (χ3n) is 3.60. The molecule has 2 rings (SSSR count). The maximum absolute atomic E-state index is 12.3. The van der Waals surface area contributed by atoms with E-state index in [-0.39, 0.29) is 5.43 Å². The first-order valence-corrected chi connectivity index (χ1v) is 6.46. The van der Waals surface area contributed by atoms with Crippen molar-refractivity contribution in [2.45, 2.75) is 27.7 Å². The molecular formula is C15H20N2O. The van der Waals surface area contributed by atoms with Crippen LogP contribution in [0, 0.1) is 13.8 Å². The van der Waals surface area contributed by atoms with Crippen molar-refractivity contribution in [3.05, 3.63) is 39.7 Å². The molecule has 0 radical (unpaired) electrons. The highest BCUT2D eigenvalue weighted by Crippen LogP contribution is 2.19. The molecule has 0 atom stereocenters. The van der Waals surface area contributed by atoms with Crippen LogP contribution in [0.1, 0.15) is 25.1 Å². The summed E-state index contributed by atoms with van der Waals surface area (Å²) < 4.78 is 0. The fourth-order valence-electron chi connectivity index (χ4n) is 2.28. The number of anilines is 1. The molecule has 3 heteroatoms. The minimum absolute atomic E-state index is 0.134. The van der Waals surface area contributed by atoms with E-state index in [4.69, 9.17) is 0 Å². The SMILES string of the molecule is CCN(CC)c1ccc2[nH]c(C)c(C)c(=O)c2c1. The van der Waals surface area contributed by atoms with Gasteiger partial charge in [-0.05, 0) is 45.9 Å². The Balaban J connectivity index is 2.68. The van der Waals surface area contributed by atoms with Gasteiger partial charge in [-0.25, -0.2) is 0 Å². The number of aromatic nitrogens is 1. The van der Waals surface area contributed by atoms with Crippen molar-refractivity contribution in [1.29, 1.82) is 0 Å². The molecule has 2 aromatic rings. The highest BCUT2D eigenvalue weighted by Gasteiger charge is 2.08. The van der Waals surface area contributed by atoms with Crippen LogP contribution in [0.5, 0.6) is 0 Å². The smallest absolute Gasteiger partial charge is 0.192 e. The van der Waals surface area contributed by atoms with E-state index in [0.717, 1.165) is 40.9 Å². The van der Waals surface area contributed by atoms with Crippen LogP contribution in [0.25, 0.3) is 10.9 Å².